The SMILES string of the molecule is COC[C@H]1CN(c2csc3cc(OCc4ccccc4)ccc23)C(=O)O1. The summed E-state index contributed by atoms with van der Waals surface area (Å²) in [4.78, 5) is 13.8. The minimum Gasteiger partial charge on any atom is -0.489 e. The van der Waals surface area contributed by atoms with Gasteiger partial charge in [0.25, 0.3) is 0 Å². The predicted molar refractivity (Wildman–Crippen MR) is 102 cm³/mol. The number of carbonyl (C=O) groups excluding carboxylic acids is 1. The van der Waals surface area contributed by atoms with Crippen molar-refractivity contribution in [1.82, 2.24) is 0 Å². The number of nitrogens with zero attached hydrogens (tertiary/aromatic N) is 1. The largest absolute Gasteiger partial charge is 0.489 e. The number of hydrogen-bond acceptors (Lipinski definition) is 5. The van der Waals surface area contributed by atoms with E-state index in [4.69, 9.17) is 14.2 Å². The van der Waals surface area contributed by atoms with E-state index in [2.05, 4.69) is 0 Å². The first-order valence-corrected chi connectivity index (χ1v) is 9.27. The number of fused-ring (bicyclic) bond motifs is 1. The molecule has 1 amide bonds. The van der Waals surface area contributed by atoms with Crippen molar-refractivity contribution < 1.29 is 19.0 Å². The summed E-state index contributed by atoms with van der Waals surface area (Å²) >= 11 is 1.59. The zero-order valence-electron chi connectivity index (χ0n) is 14.4. The van der Waals surface area contributed by atoms with Crippen LogP contribution >= 0.6 is 11.3 Å². The van der Waals surface area contributed by atoms with Crippen LogP contribution in [0.2, 0.25) is 0 Å². The van der Waals surface area contributed by atoms with Gasteiger partial charge in [-0.3, -0.25) is 4.90 Å². The molecule has 5 nitrogen and oxygen atoms in total. The third kappa shape index (κ3) is 3.38. The van der Waals surface area contributed by atoms with E-state index in [0.717, 1.165) is 27.1 Å². The monoisotopic (exact) mass is 369 g/mol. The van der Waals surface area contributed by atoms with Crippen LogP contribution in [-0.2, 0) is 16.1 Å². The number of rotatable bonds is 6. The standard InChI is InChI=1S/C20H19NO4S/c1-23-12-16-10-21(20(22)25-16)18-13-26-19-9-15(7-8-17(18)19)24-11-14-5-3-2-4-6-14/h2-9,13,16H,10-12H2,1H3/t16-/m1/s1. The van der Waals surface area contributed by atoms with Crippen LogP contribution in [0.25, 0.3) is 10.1 Å². The van der Waals surface area contributed by atoms with Crippen molar-refractivity contribution >= 4 is 33.2 Å². The molecule has 1 aliphatic heterocycles. The lowest BCUT2D eigenvalue weighted by Crippen LogP contribution is -2.25. The van der Waals surface area contributed by atoms with Crippen molar-refractivity contribution in [3.8, 4) is 5.75 Å². The molecule has 0 N–H and O–H groups in total. The maximum absolute atomic E-state index is 12.2. The Bertz CT molecular complexity index is 909. The molecule has 1 fully saturated rings. The number of anilines is 1. The summed E-state index contributed by atoms with van der Waals surface area (Å²) in [5.74, 6) is 0.816. The Kier molecular flexibility index (Phi) is 4.77. The van der Waals surface area contributed by atoms with Gasteiger partial charge in [0.05, 0.1) is 18.8 Å². The highest BCUT2D eigenvalue weighted by Gasteiger charge is 2.33. The molecule has 0 bridgehead atoms. The molecule has 0 unspecified atom stereocenters. The van der Waals surface area contributed by atoms with Crippen LogP contribution < -0.4 is 9.64 Å². The van der Waals surface area contributed by atoms with Gasteiger partial charge in [-0.05, 0) is 23.8 Å². The first-order chi connectivity index (χ1) is 12.7. The molecule has 1 saturated heterocycles. The molecular formula is C20H19NO4S. The first-order valence-electron chi connectivity index (χ1n) is 8.39. The van der Waals surface area contributed by atoms with Crippen LogP contribution in [0.4, 0.5) is 10.5 Å². The Morgan fingerprint density at radius 2 is 2.08 bits per heavy atom. The Morgan fingerprint density at radius 1 is 1.23 bits per heavy atom. The summed E-state index contributed by atoms with van der Waals surface area (Å²) in [6.45, 7) is 1.44. The van der Waals surface area contributed by atoms with Gasteiger partial charge in [0.15, 0.2) is 0 Å². The molecule has 1 aromatic heterocycles. The number of cyclic esters (lactones) is 1. The molecule has 0 aliphatic carbocycles. The number of amides is 1. The molecule has 2 heterocycles. The van der Waals surface area contributed by atoms with Gasteiger partial charge in [0, 0.05) is 22.6 Å². The minimum absolute atomic E-state index is 0.226. The molecule has 2 aromatic carbocycles. The maximum atomic E-state index is 12.2. The molecule has 1 atom stereocenters. The van der Waals surface area contributed by atoms with Gasteiger partial charge >= 0.3 is 6.09 Å². The van der Waals surface area contributed by atoms with Crippen LogP contribution in [0.3, 0.4) is 0 Å². The zero-order chi connectivity index (χ0) is 17.9. The molecule has 1 aliphatic rings. The second-order valence-corrected chi connectivity index (χ2v) is 7.04. The van der Waals surface area contributed by atoms with E-state index in [1.165, 1.54) is 0 Å². The average molecular weight is 369 g/mol. The van der Waals surface area contributed by atoms with Crippen LogP contribution in [0.15, 0.2) is 53.9 Å². The van der Waals surface area contributed by atoms with Gasteiger partial charge in [-0.15, -0.1) is 11.3 Å². The Labute approximate surface area is 155 Å². The number of hydrogen-bond donors (Lipinski definition) is 0. The fourth-order valence-electron chi connectivity index (χ4n) is 3.03. The summed E-state index contributed by atoms with van der Waals surface area (Å²) in [6, 6.07) is 16.0. The summed E-state index contributed by atoms with van der Waals surface area (Å²) in [5.41, 5.74) is 2.01. The van der Waals surface area contributed by atoms with Crippen molar-refractivity contribution in [2.75, 3.05) is 25.2 Å². The van der Waals surface area contributed by atoms with Gasteiger partial charge < -0.3 is 14.2 Å². The number of carbonyl (C=O) groups is 1. The molecular weight excluding hydrogens is 350 g/mol. The van der Waals surface area contributed by atoms with Crippen molar-refractivity contribution in [2.24, 2.45) is 0 Å². The average Bonchev–Trinajstić information content (AvgIpc) is 3.23. The van der Waals surface area contributed by atoms with E-state index in [0.29, 0.717) is 19.8 Å². The Hall–Kier alpha value is -2.57. The van der Waals surface area contributed by atoms with Crippen molar-refractivity contribution in [2.45, 2.75) is 12.7 Å². The molecule has 6 heteroatoms. The van der Waals surface area contributed by atoms with E-state index in [1.54, 1.807) is 23.3 Å². The number of methoxy groups -OCH3 is 1. The highest BCUT2D eigenvalue weighted by atomic mass is 32.1. The molecule has 0 radical (unpaired) electrons. The van der Waals surface area contributed by atoms with Crippen molar-refractivity contribution in [3.05, 3.63) is 59.5 Å². The predicted octanol–water partition coefficient (Wildman–Crippen LogP) is 4.45. The van der Waals surface area contributed by atoms with Gasteiger partial charge in [0.2, 0.25) is 0 Å². The third-order valence-corrected chi connectivity index (χ3v) is 5.23. The second kappa shape index (κ2) is 7.35. The van der Waals surface area contributed by atoms with E-state index in [-0.39, 0.29) is 12.2 Å². The highest BCUT2D eigenvalue weighted by Crippen LogP contribution is 2.37. The van der Waals surface area contributed by atoms with Gasteiger partial charge in [0.1, 0.15) is 18.5 Å². The topological polar surface area (TPSA) is 48.0 Å². The minimum atomic E-state index is -0.323. The molecule has 134 valence electrons. The summed E-state index contributed by atoms with van der Waals surface area (Å²) in [5, 5.41) is 3.01. The lowest BCUT2D eigenvalue weighted by atomic mass is 10.2. The smallest absolute Gasteiger partial charge is 0.414 e. The summed E-state index contributed by atoms with van der Waals surface area (Å²) in [6.07, 6.45) is -0.549. The van der Waals surface area contributed by atoms with Crippen LogP contribution in [0.1, 0.15) is 5.56 Å². The lowest BCUT2D eigenvalue weighted by Gasteiger charge is -2.12. The fourth-order valence-corrected chi connectivity index (χ4v) is 4.00. The number of thiophene rings is 1. The van der Waals surface area contributed by atoms with Crippen molar-refractivity contribution in [1.29, 1.82) is 0 Å². The lowest BCUT2D eigenvalue weighted by molar-refractivity contribution is 0.0718. The first kappa shape index (κ1) is 16.9. The van der Waals surface area contributed by atoms with E-state index in [9.17, 15) is 4.79 Å². The Balaban J connectivity index is 1.51. The normalized spacial score (nSPS) is 16.9. The maximum Gasteiger partial charge on any atom is 0.414 e. The Morgan fingerprint density at radius 3 is 2.88 bits per heavy atom. The van der Waals surface area contributed by atoms with Crippen molar-refractivity contribution in [3.63, 3.8) is 0 Å². The second-order valence-electron chi connectivity index (χ2n) is 6.12. The summed E-state index contributed by atoms with van der Waals surface area (Å²) in [7, 11) is 1.60. The molecule has 4 rings (SSSR count). The van der Waals surface area contributed by atoms with Crippen LogP contribution in [0, 0.1) is 0 Å². The van der Waals surface area contributed by atoms with Gasteiger partial charge in [-0.25, -0.2) is 4.79 Å². The number of benzene rings is 2. The highest BCUT2D eigenvalue weighted by molar-refractivity contribution is 7.17. The fraction of sp³-hybridized carbons (Fsp3) is 0.250. The van der Waals surface area contributed by atoms with E-state index in [1.807, 2.05) is 53.9 Å². The molecule has 3 aromatic rings. The molecule has 26 heavy (non-hydrogen) atoms. The summed E-state index contributed by atoms with van der Waals surface area (Å²) < 4.78 is 17.4. The van der Waals surface area contributed by atoms with E-state index >= 15 is 0 Å². The van der Waals surface area contributed by atoms with Crippen LogP contribution in [0.5, 0.6) is 5.75 Å². The zero-order valence-corrected chi connectivity index (χ0v) is 15.2. The quantitative estimate of drug-likeness (QED) is 0.644. The molecule has 0 saturated carbocycles. The molecule has 0 spiro atoms. The van der Waals surface area contributed by atoms with E-state index < -0.39 is 0 Å². The number of ether oxygens (including phenoxy) is 3. The van der Waals surface area contributed by atoms with Crippen LogP contribution in [-0.4, -0.2) is 32.5 Å². The van der Waals surface area contributed by atoms with Gasteiger partial charge in [-0.1, -0.05) is 30.3 Å². The third-order valence-electron chi connectivity index (χ3n) is 4.29. The van der Waals surface area contributed by atoms with Gasteiger partial charge in [-0.2, -0.15) is 0 Å².